The highest BCUT2D eigenvalue weighted by molar-refractivity contribution is 5.36. The first-order valence-electron chi connectivity index (χ1n) is 8.23. The zero-order valence-electron chi connectivity index (χ0n) is 14.5. The number of methoxy groups -OCH3 is 2. The Kier molecular flexibility index (Phi) is 5.70. The van der Waals surface area contributed by atoms with Crippen LogP contribution in [-0.2, 0) is 11.3 Å². The molecule has 0 radical (unpaired) electrons. The minimum absolute atomic E-state index is 0.156. The first kappa shape index (κ1) is 17.1. The number of ether oxygens (including phenoxy) is 3. The molecule has 128 valence electrons. The van der Waals surface area contributed by atoms with Crippen molar-refractivity contribution in [1.29, 1.82) is 0 Å². The average molecular weight is 334 g/mol. The quantitative estimate of drug-likeness (QED) is 0.608. The summed E-state index contributed by atoms with van der Waals surface area (Å²) in [4.78, 5) is 0. The van der Waals surface area contributed by atoms with Gasteiger partial charge in [0.15, 0.2) is 0 Å². The van der Waals surface area contributed by atoms with Crippen LogP contribution in [0.3, 0.4) is 0 Å². The van der Waals surface area contributed by atoms with Gasteiger partial charge in [-0.05, 0) is 41.0 Å². The molecule has 0 saturated carbocycles. The molecular weight excluding hydrogens is 312 g/mol. The van der Waals surface area contributed by atoms with E-state index < -0.39 is 0 Å². The van der Waals surface area contributed by atoms with E-state index >= 15 is 0 Å². The molecule has 3 rings (SSSR count). The van der Waals surface area contributed by atoms with Crippen LogP contribution in [0.25, 0.3) is 0 Å². The molecule has 0 saturated heterocycles. The van der Waals surface area contributed by atoms with Gasteiger partial charge in [-0.25, -0.2) is 0 Å². The average Bonchev–Trinajstić information content (AvgIpc) is 2.70. The third kappa shape index (κ3) is 4.40. The Morgan fingerprint density at radius 1 is 0.640 bits per heavy atom. The number of benzene rings is 3. The summed E-state index contributed by atoms with van der Waals surface area (Å²) in [7, 11) is 3.34. The molecule has 0 N–H and O–H groups in total. The van der Waals surface area contributed by atoms with Gasteiger partial charge in [0.2, 0.25) is 0 Å². The number of hydrogen-bond donors (Lipinski definition) is 0. The van der Waals surface area contributed by atoms with Gasteiger partial charge in [-0.2, -0.15) is 0 Å². The molecule has 0 heterocycles. The summed E-state index contributed by atoms with van der Waals surface area (Å²) in [6, 6.07) is 26.2. The molecule has 0 unspecified atom stereocenters. The molecule has 0 amide bonds. The van der Waals surface area contributed by atoms with Gasteiger partial charge >= 0.3 is 0 Å². The molecular formula is C22H22O3. The first-order valence-corrected chi connectivity index (χ1v) is 8.23. The van der Waals surface area contributed by atoms with Crippen LogP contribution in [0.2, 0.25) is 0 Å². The van der Waals surface area contributed by atoms with Crippen LogP contribution in [0.1, 0.15) is 22.8 Å². The lowest BCUT2D eigenvalue weighted by atomic mass is 10.0. The summed E-state index contributed by atoms with van der Waals surface area (Å²) in [5, 5.41) is 0. The van der Waals surface area contributed by atoms with E-state index in [-0.39, 0.29) is 6.10 Å². The van der Waals surface area contributed by atoms with Crippen molar-refractivity contribution in [2.75, 3.05) is 14.2 Å². The summed E-state index contributed by atoms with van der Waals surface area (Å²) in [5.74, 6) is 1.67. The summed E-state index contributed by atoms with van der Waals surface area (Å²) in [6.45, 7) is 0.545. The maximum absolute atomic E-state index is 6.27. The molecule has 0 atom stereocenters. The molecule has 0 bridgehead atoms. The third-order valence-electron chi connectivity index (χ3n) is 4.10. The normalized spacial score (nSPS) is 10.7. The zero-order valence-corrected chi connectivity index (χ0v) is 14.5. The number of rotatable bonds is 7. The summed E-state index contributed by atoms with van der Waals surface area (Å²) < 4.78 is 16.8. The lowest BCUT2D eigenvalue weighted by Gasteiger charge is -2.20. The van der Waals surface area contributed by atoms with E-state index in [9.17, 15) is 0 Å². The second-order valence-electron chi connectivity index (χ2n) is 5.72. The van der Waals surface area contributed by atoms with Crippen LogP contribution in [-0.4, -0.2) is 14.2 Å². The van der Waals surface area contributed by atoms with Crippen LogP contribution in [0.15, 0.2) is 78.9 Å². The lowest BCUT2D eigenvalue weighted by Crippen LogP contribution is -2.06. The van der Waals surface area contributed by atoms with Gasteiger partial charge in [0.1, 0.15) is 17.6 Å². The van der Waals surface area contributed by atoms with Crippen molar-refractivity contribution in [1.82, 2.24) is 0 Å². The van der Waals surface area contributed by atoms with Gasteiger partial charge in [-0.1, -0.05) is 54.6 Å². The van der Waals surface area contributed by atoms with Crippen molar-refractivity contribution in [3.05, 3.63) is 95.6 Å². The fourth-order valence-corrected chi connectivity index (χ4v) is 2.70. The molecule has 0 fully saturated rings. The largest absolute Gasteiger partial charge is 0.497 e. The van der Waals surface area contributed by atoms with Crippen molar-refractivity contribution in [3.63, 3.8) is 0 Å². The van der Waals surface area contributed by atoms with E-state index in [1.807, 2.05) is 66.7 Å². The molecule has 25 heavy (non-hydrogen) atoms. The zero-order chi connectivity index (χ0) is 17.5. The van der Waals surface area contributed by atoms with Gasteiger partial charge in [0.25, 0.3) is 0 Å². The van der Waals surface area contributed by atoms with Crippen molar-refractivity contribution < 1.29 is 14.2 Å². The fraction of sp³-hybridized carbons (Fsp3) is 0.182. The second-order valence-corrected chi connectivity index (χ2v) is 5.72. The predicted molar refractivity (Wildman–Crippen MR) is 99.1 cm³/mol. The Balaban J connectivity index is 1.86. The third-order valence-corrected chi connectivity index (χ3v) is 4.10. The van der Waals surface area contributed by atoms with Crippen molar-refractivity contribution in [3.8, 4) is 11.5 Å². The standard InChI is InChI=1S/C22H22O3/c1-23-20-12-8-18(9-13-20)22(19-10-14-21(24-2)15-11-19)25-16-17-6-4-3-5-7-17/h3-15,22H,16H2,1-2H3. The Morgan fingerprint density at radius 2 is 1.12 bits per heavy atom. The summed E-state index contributed by atoms with van der Waals surface area (Å²) >= 11 is 0. The van der Waals surface area contributed by atoms with Crippen LogP contribution in [0.4, 0.5) is 0 Å². The topological polar surface area (TPSA) is 27.7 Å². The Morgan fingerprint density at radius 3 is 1.56 bits per heavy atom. The monoisotopic (exact) mass is 334 g/mol. The highest BCUT2D eigenvalue weighted by atomic mass is 16.5. The van der Waals surface area contributed by atoms with Crippen LogP contribution >= 0.6 is 0 Å². The fourth-order valence-electron chi connectivity index (χ4n) is 2.70. The second kappa shape index (κ2) is 8.36. The van der Waals surface area contributed by atoms with E-state index in [4.69, 9.17) is 14.2 Å². The van der Waals surface area contributed by atoms with Crippen LogP contribution in [0.5, 0.6) is 11.5 Å². The van der Waals surface area contributed by atoms with Crippen LogP contribution < -0.4 is 9.47 Å². The van der Waals surface area contributed by atoms with Crippen molar-refractivity contribution in [2.45, 2.75) is 12.7 Å². The summed E-state index contributed by atoms with van der Waals surface area (Å²) in [5.41, 5.74) is 3.32. The number of hydrogen-bond acceptors (Lipinski definition) is 3. The maximum Gasteiger partial charge on any atom is 0.118 e. The van der Waals surface area contributed by atoms with Crippen molar-refractivity contribution in [2.24, 2.45) is 0 Å². The smallest absolute Gasteiger partial charge is 0.118 e. The molecule has 0 aliphatic rings. The Labute approximate surface area is 148 Å². The molecule has 3 nitrogen and oxygen atoms in total. The van der Waals surface area contributed by atoms with Crippen molar-refractivity contribution >= 4 is 0 Å². The SMILES string of the molecule is COc1ccc(C(OCc2ccccc2)c2ccc(OC)cc2)cc1. The molecule has 3 aromatic carbocycles. The van der Waals surface area contributed by atoms with Gasteiger partial charge in [0.05, 0.1) is 20.8 Å². The molecule has 0 aliphatic heterocycles. The van der Waals surface area contributed by atoms with Crippen LogP contribution in [0, 0.1) is 0 Å². The van der Waals surface area contributed by atoms with Gasteiger partial charge < -0.3 is 14.2 Å². The van der Waals surface area contributed by atoms with Gasteiger partial charge in [-0.15, -0.1) is 0 Å². The van der Waals surface area contributed by atoms with E-state index in [1.54, 1.807) is 14.2 Å². The highest BCUT2D eigenvalue weighted by Crippen LogP contribution is 2.29. The first-order chi connectivity index (χ1) is 12.3. The predicted octanol–water partition coefficient (Wildman–Crippen LogP) is 5.01. The molecule has 0 aromatic heterocycles. The highest BCUT2D eigenvalue weighted by Gasteiger charge is 2.15. The summed E-state index contributed by atoms with van der Waals surface area (Å²) in [6.07, 6.45) is -0.156. The molecule has 3 heteroatoms. The Hall–Kier alpha value is -2.78. The van der Waals surface area contributed by atoms with E-state index in [1.165, 1.54) is 0 Å². The van der Waals surface area contributed by atoms with E-state index in [0.29, 0.717) is 6.61 Å². The Bertz CT molecular complexity index is 717. The molecule has 3 aromatic rings. The maximum atomic E-state index is 6.27. The minimum atomic E-state index is -0.156. The van der Waals surface area contributed by atoms with E-state index in [2.05, 4.69) is 12.1 Å². The minimum Gasteiger partial charge on any atom is -0.497 e. The van der Waals surface area contributed by atoms with E-state index in [0.717, 1.165) is 28.2 Å². The molecule has 0 spiro atoms. The lowest BCUT2D eigenvalue weighted by molar-refractivity contribution is 0.0667. The van der Waals surface area contributed by atoms with Gasteiger partial charge in [0, 0.05) is 0 Å². The molecule has 0 aliphatic carbocycles. The van der Waals surface area contributed by atoms with Gasteiger partial charge in [-0.3, -0.25) is 0 Å².